The Bertz CT molecular complexity index is 623. The Morgan fingerprint density at radius 1 is 1.24 bits per heavy atom. The average Bonchev–Trinajstić information content (AvgIpc) is 2.61. The summed E-state index contributed by atoms with van der Waals surface area (Å²) in [5.74, 6) is -0.750. The number of nitrogens with zero attached hydrogens (tertiary/aromatic N) is 3. The van der Waals surface area contributed by atoms with Crippen molar-refractivity contribution in [3.63, 3.8) is 0 Å². The summed E-state index contributed by atoms with van der Waals surface area (Å²) in [5, 5.41) is 22.7. The second-order valence-corrected chi connectivity index (χ2v) is 5.41. The number of thiol groups is 1. The number of amides is 2. The molecule has 10 nitrogen and oxygen atoms in total. The number of benzene rings is 1. The highest BCUT2D eigenvalue weighted by Gasteiger charge is 2.08. The maximum Gasteiger partial charge on any atom is 0.269 e. The van der Waals surface area contributed by atoms with E-state index in [4.69, 9.17) is 5.21 Å². The first-order valence-corrected chi connectivity index (χ1v) is 7.82. The van der Waals surface area contributed by atoms with Crippen LogP contribution in [0.25, 0.3) is 0 Å². The SMILES string of the molecule is O=C(CCCCCC(=O)N(S)N/N=C/c1ccc([N+](=O)[O-])cc1)NO. The van der Waals surface area contributed by atoms with Gasteiger partial charge < -0.3 is 0 Å². The van der Waals surface area contributed by atoms with Gasteiger partial charge in [0.2, 0.25) is 5.91 Å². The van der Waals surface area contributed by atoms with Crippen LogP contribution in [0.2, 0.25) is 0 Å². The van der Waals surface area contributed by atoms with Gasteiger partial charge in [-0.15, -0.1) is 0 Å². The minimum Gasteiger partial charge on any atom is -0.289 e. The molecule has 0 aliphatic rings. The fourth-order valence-electron chi connectivity index (χ4n) is 1.80. The molecule has 0 aliphatic carbocycles. The van der Waals surface area contributed by atoms with Crippen LogP contribution in [-0.2, 0) is 9.59 Å². The summed E-state index contributed by atoms with van der Waals surface area (Å²) in [5.41, 5.74) is 4.56. The van der Waals surface area contributed by atoms with Gasteiger partial charge in [0.25, 0.3) is 11.6 Å². The maximum absolute atomic E-state index is 11.8. The van der Waals surface area contributed by atoms with Gasteiger partial charge in [-0.1, -0.05) is 6.42 Å². The van der Waals surface area contributed by atoms with Crippen LogP contribution in [0, 0.1) is 10.1 Å². The standard InChI is InChI=1S/C14H19N5O5S/c20-13(16-22)4-2-1-3-5-14(21)18(25)17-15-10-11-6-8-12(9-7-11)19(23)24/h6-10,17,22,25H,1-5H2,(H,16,20)/b15-10+. The van der Waals surface area contributed by atoms with Crippen molar-refractivity contribution < 1.29 is 19.7 Å². The third kappa shape index (κ3) is 8.13. The second-order valence-electron chi connectivity index (χ2n) is 5.01. The van der Waals surface area contributed by atoms with Gasteiger partial charge in [-0.3, -0.25) is 24.9 Å². The van der Waals surface area contributed by atoms with Crippen molar-refractivity contribution in [2.45, 2.75) is 32.1 Å². The number of hydroxylamine groups is 1. The van der Waals surface area contributed by atoms with Gasteiger partial charge in [0.1, 0.15) is 0 Å². The van der Waals surface area contributed by atoms with E-state index in [0.29, 0.717) is 24.8 Å². The summed E-state index contributed by atoms with van der Waals surface area (Å²) in [6.45, 7) is 0. The summed E-state index contributed by atoms with van der Waals surface area (Å²) in [6, 6.07) is 5.75. The van der Waals surface area contributed by atoms with Crippen molar-refractivity contribution in [1.82, 2.24) is 15.4 Å². The molecule has 0 aromatic heterocycles. The molecular weight excluding hydrogens is 350 g/mol. The third-order valence-corrected chi connectivity index (χ3v) is 3.44. The van der Waals surface area contributed by atoms with Crippen LogP contribution < -0.4 is 11.0 Å². The molecule has 3 N–H and O–H groups in total. The minimum atomic E-state index is -0.497. The van der Waals surface area contributed by atoms with Crippen molar-refractivity contribution in [3.8, 4) is 0 Å². The average molecular weight is 369 g/mol. The van der Waals surface area contributed by atoms with Crippen LogP contribution in [0.4, 0.5) is 5.69 Å². The zero-order valence-corrected chi connectivity index (χ0v) is 14.2. The number of unbranched alkanes of at least 4 members (excludes halogenated alkanes) is 2. The number of carbonyl (C=O) groups excluding carboxylic acids is 2. The smallest absolute Gasteiger partial charge is 0.269 e. The van der Waals surface area contributed by atoms with Crippen LogP contribution in [-0.4, -0.2) is 32.6 Å². The van der Waals surface area contributed by atoms with E-state index < -0.39 is 10.8 Å². The molecular formula is C14H19N5O5S. The quantitative estimate of drug-likeness (QED) is 0.123. The van der Waals surface area contributed by atoms with E-state index in [9.17, 15) is 19.7 Å². The van der Waals surface area contributed by atoms with Gasteiger partial charge in [-0.05, 0) is 43.4 Å². The zero-order valence-electron chi connectivity index (χ0n) is 13.3. The summed E-state index contributed by atoms with van der Waals surface area (Å²) in [4.78, 5) is 32.6. The van der Waals surface area contributed by atoms with E-state index in [1.165, 1.54) is 30.5 Å². The number of hydrazone groups is 1. The molecule has 0 unspecified atom stereocenters. The van der Waals surface area contributed by atoms with E-state index in [1.807, 2.05) is 0 Å². The van der Waals surface area contributed by atoms with E-state index in [2.05, 4.69) is 23.5 Å². The molecule has 11 heteroatoms. The molecule has 0 bridgehead atoms. The van der Waals surface area contributed by atoms with E-state index >= 15 is 0 Å². The van der Waals surface area contributed by atoms with Crippen molar-refractivity contribution in [2.24, 2.45) is 5.10 Å². The molecule has 2 amide bonds. The zero-order chi connectivity index (χ0) is 18.7. The summed E-state index contributed by atoms with van der Waals surface area (Å²) in [6.07, 6.45) is 3.62. The predicted octanol–water partition coefficient (Wildman–Crippen LogP) is 1.56. The van der Waals surface area contributed by atoms with E-state index in [0.717, 1.165) is 4.41 Å². The molecule has 0 fully saturated rings. The Labute approximate surface area is 149 Å². The number of hydrazine groups is 1. The van der Waals surface area contributed by atoms with Crippen molar-refractivity contribution in [1.29, 1.82) is 0 Å². The largest absolute Gasteiger partial charge is 0.289 e. The van der Waals surface area contributed by atoms with Crippen LogP contribution in [0.15, 0.2) is 29.4 Å². The highest BCUT2D eigenvalue weighted by molar-refractivity contribution is 7.78. The van der Waals surface area contributed by atoms with Crippen molar-refractivity contribution >= 4 is 36.5 Å². The molecule has 25 heavy (non-hydrogen) atoms. The molecule has 1 aromatic carbocycles. The Morgan fingerprint density at radius 3 is 2.48 bits per heavy atom. The number of rotatable bonds is 10. The fraction of sp³-hybridized carbons (Fsp3) is 0.357. The molecule has 0 atom stereocenters. The highest BCUT2D eigenvalue weighted by atomic mass is 32.1. The van der Waals surface area contributed by atoms with Crippen LogP contribution in [0.3, 0.4) is 0 Å². The van der Waals surface area contributed by atoms with Crippen molar-refractivity contribution in [3.05, 3.63) is 39.9 Å². The van der Waals surface area contributed by atoms with E-state index in [-0.39, 0.29) is 24.4 Å². The summed E-state index contributed by atoms with van der Waals surface area (Å²) in [7, 11) is 0. The minimum absolute atomic E-state index is 0.0208. The number of nitro groups is 1. The summed E-state index contributed by atoms with van der Waals surface area (Å²) >= 11 is 3.96. The molecule has 0 saturated carbocycles. The van der Waals surface area contributed by atoms with Crippen LogP contribution >= 0.6 is 12.8 Å². The van der Waals surface area contributed by atoms with Crippen LogP contribution in [0.1, 0.15) is 37.7 Å². The Kier molecular flexibility index (Phi) is 8.96. The molecule has 1 rings (SSSR count). The molecule has 0 spiro atoms. The lowest BCUT2D eigenvalue weighted by Crippen LogP contribution is -2.31. The number of hydrogen-bond acceptors (Lipinski definition) is 8. The lowest BCUT2D eigenvalue weighted by molar-refractivity contribution is -0.384. The summed E-state index contributed by atoms with van der Waals surface area (Å²) < 4.78 is 0.933. The van der Waals surface area contributed by atoms with Crippen molar-refractivity contribution in [2.75, 3.05) is 0 Å². The lowest BCUT2D eigenvalue weighted by Gasteiger charge is -2.13. The topological polar surface area (TPSA) is 137 Å². The molecule has 136 valence electrons. The fourth-order valence-corrected chi connectivity index (χ4v) is 1.95. The highest BCUT2D eigenvalue weighted by Crippen LogP contribution is 2.10. The number of nitro benzene ring substituents is 1. The maximum atomic E-state index is 11.8. The van der Waals surface area contributed by atoms with Crippen LogP contribution in [0.5, 0.6) is 0 Å². The van der Waals surface area contributed by atoms with Gasteiger partial charge in [0.05, 0.1) is 11.1 Å². The molecule has 1 aromatic rings. The first-order chi connectivity index (χ1) is 11.9. The molecule has 0 radical (unpaired) electrons. The number of nitrogens with one attached hydrogen (secondary N) is 2. The molecule has 0 heterocycles. The van der Waals surface area contributed by atoms with Gasteiger partial charge in [0, 0.05) is 25.0 Å². The number of non-ortho nitro benzene ring substituents is 1. The predicted molar refractivity (Wildman–Crippen MR) is 92.7 cm³/mol. The normalized spacial score (nSPS) is 10.5. The Balaban J connectivity index is 2.28. The third-order valence-electron chi connectivity index (χ3n) is 3.13. The molecule has 0 saturated heterocycles. The lowest BCUT2D eigenvalue weighted by atomic mass is 10.1. The van der Waals surface area contributed by atoms with Gasteiger partial charge >= 0.3 is 0 Å². The molecule has 0 aliphatic heterocycles. The number of carbonyl (C=O) groups is 2. The first kappa shape index (κ1) is 20.4. The van der Waals surface area contributed by atoms with Gasteiger partial charge in [0.15, 0.2) is 0 Å². The second kappa shape index (κ2) is 11.0. The van der Waals surface area contributed by atoms with Gasteiger partial charge in [-0.2, -0.15) is 9.52 Å². The Morgan fingerprint density at radius 2 is 1.88 bits per heavy atom. The Hall–Kier alpha value is -2.66. The monoisotopic (exact) mass is 369 g/mol. The van der Waals surface area contributed by atoms with E-state index in [1.54, 1.807) is 5.48 Å². The number of hydrogen-bond donors (Lipinski definition) is 4. The first-order valence-electron chi connectivity index (χ1n) is 7.42. The van der Waals surface area contributed by atoms with Gasteiger partial charge in [-0.25, -0.2) is 11.0 Å².